The lowest BCUT2D eigenvalue weighted by Crippen LogP contribution is -2.06. The predicted octanol–water partition coefficient (Wildman–Crippen LogP) is 1.74. The van der Waals surface area contributed by atoms with Gasteiger partial charge in [0.2, 0.25) is 0 Å². The van der Waals surface area contributed by atoms with Crippen LogP contribution in [-0.4, -0.2) is 18.3 Å². The van der Waals surface area contributed by atoms with E-state index in [1.165, 1.54) is 0 Å². The molecule has 1 rings (SSSR count). The fourth-order valence-corrected chi connectivity index (χ4v) is 0.902. The molecule has 0 amide bonds. The summed E-state index contributed by atoms with van der Waals surface area (Å²) < 4.78 is 10.2. The summed E-state index contributed by atoms with van der Waals surface area (Å²) in [5.74, 6) is 0.561. The monoisotopic (exact) mass is 170 g/mol. The minimum absolute atomic E-state index is 0.307. The van der Waals surface area contributed by atoms with Crippen LogP contribution in [0.25, 0.3) is 0 Å². The lowest BCUT2D eigenvalue weighted by molar-refractivity contribution is 0.0253. The normalized spacial score (nSPS) is 13.2. The first-order valence-corrected chi connectivity index (χ1v) is 4.13. The van der Waals surface area contributed by atoms with Gasteiger partial charge < -0.3 is 14.3 Å². The highest BCUT2D eigenvalue weighted by atomic mass is 16.5. The third kappa shape index (κ3) is 2.68. The summed E-state index contributed by atoms with van der Waals surface area (Å²) >= 11 is 0. The van der Waals surface area contributed by atoms with E-state index in [2.05, 4.69) is 0 Å². The Kier molecular flexibility index (Phi) is 3.84. The molecule has 0 aliphatic heterocycles. The largest absolute Gasteiger partial charge is 0.467 e. The summed E-state index contributed by atoms with van der Waals surface area (Å²) in [6.45, 7) is 3.01. The van der Waals surface area contributed by atoms with Gasteiger partial charge in [0, 0.05) is 6.61 Å². The zero-order valence-electron chi connectivity index (χ0n) is 7.19. The van der Waals surface area contributed by atoms with Gasteiger partial charge in [0.1, 0.15) is 11.9 Å². The Hall–Kier alpha value is -0.800. The van der Waals surface area contributed by atoms with Crippen LogP contribution in [0.3, 0.4) is 0 Å². The summed E-state index contributed by atoms with van der Waals surface area (Å²) in [4.78, 5) is 0. The molecule has 0 aromatic carbocycles. The number of aliphatic hydroxyl groups is 1. The quantitative estimate of drug-likeness (QED) is 0.684. The third-order valence-electron chi connectivity index (χ3n) is 1.50. The predicted molar refractivity (Wildman–Crippen MR) is 44.8 cm³/mol. The molecular formula is C9H14O3. The van der Waals surface area contributed by atoms with E-state index in [0.29, 0.717) is 19.0 Å². The van der Waals surface area contributed by atoms with E-state index in [9.17, 15) is 5.11 Å². The van der Waals surface area contributed by atoms with Crippen LogP contribution in [-0.2, 0) is 4.74 Å². The van der Waals surface area contributed by atoms with Crippen LogP contribution in [0.4, 0.5) is 0 Å². The van der Waals surface area contributed by atoms with Crippen LogP contribution >= 0.6 is 0 Å². The van der Waals surface area contributed by atoms with Gasteiger partial charge in [-0.15, -0.1) is 0 Å². The first kappa shape index (κ1) is 9.29. The third-order valence-corrected chi connectivity index (χ3v) is 1.50. The molecule has 1 aromatic rings. The molecule has 12 heavy (non-hydrogen) atoms. The maximum Gasteiger partial charge on any atom is 0.135 e. The van der Waals surface area contributed by atoms with Gasteiger partial charge in [-0.05, 0) is 18.6 Å². The van der Waals surface area contributed by atoms with Crippen molar-refractivity contribution in [3.05, 3.63) is 24.2 Å². The Labute approximate surface area is 72.0 Å². The van der Waals surface area contributed by atoms with Crippen LogP contribution in [0.15, 0.2) is 22.8 Å². The lowest BCUT2D eigenvalue weighted by Gasteiger charge is -2.07. The van der Waals surface area contributed by atoms with Gasteiger partial charge in [0.05, 0.1) is 12.9 Å². The molecule has 0 radical (unpaired) electrons. The molecule has 0 aliphatic carbocycles. The highest BCUT2D eigenvalue weighted by Gasteiger charge is 2.09. The minimum atomic E-state index is -0.633. The first-order chi connectivity index (χ1) is 5.84. The van der Waals surface area contributed by atoms with Crippen molar-refractivity contribution in [3.63, 3.8) is 0 Å². The van der Waals surface area contributed by atoms with Crippen molar-refractivity contribution in [3.8, 4) is 0 Å². The second-order valence-electron chi connectivity index (χ2n) is 2.61. The highest BCUT2D eigenvalue weighted by molar-refractivity contribution is 5.01. The molecule has 3 nitrogen and oxygen atoms in total. The molecule has 0 bridgehead atoms. The zero-order valence-corrected chi connectivity index (χ0v) is 7.19. The Morgan fingerprint density at radius 3 is 3.08 bits per heavy atom. The molecule has 1 aromatic heterocycles. The van der Waals surface area contributed by atoms with E-state index in [1.54, 1.807) is 18.4 Å². The highest BCUT2D eigenvalue weighted by Crippen LogP contribution is 2.12. The van der Waals surface area contributed by atoms with Gasteiger partial charge in [-0.2, -0.15) is 0 Å². The number of rotatable bonds is 5. The Bertz CT molecular complexity index is 194. The van der Waals surface area contributed by atoms with E-state index in [0.717, 1.165) is 6.42 Å². The average Bonchev–Trinajstić information content (AvgIpc) is 2.56. The molecule has 68 valence electrons. The minimum Gasteiger partial charge on any atom is -0.467 e. The van der Waals surface area contributed by atoms with Crippen LogP contribution < -0.4 is 0 Å². The molecular weight excluding hydrogens is 156 g/mol. The summed E-state index contributed by atoms with van der Waals surface area (Å²) in [5, 5.41) is 9.42. The van der Waals surface area contributed by atoms with Crippen molar-refractivity contribution < 1.29 is 14.3 Å². The number of furan rings is 1. The Morgan fingerprint density at radius 2 is 2.50 bits per heavy atom. The van der Waals surface area contributed by atoms with Crippen LogP contribution in [0, 0.1) is 0 Å². The molecule has 0 saturated heterocycles. The number of hydrogen-bond donors (Lipinski definition) is 1. The summed E-state index contributed by atoms with van der Waals surface area (Å²) in [5.41, 5.74) is 0. The van der Waals surface area contributed by atoms with Crippen LogP contribution in [0.5, 0.6) is 0 Å². The second-order valence-corrected chi connectivity index (χ2v) is 2.61. The van der Waals surface area contributed by atoms with Crippen molar-refractivity contribution in [1.82, 2.24) is 0 Å². The van der Waals surface area contributed by atoms with E-state index in [4.69, 9.17) is 9.15 Å². The van der Waals surface area contributed by atoms with Crippen molar-refractivity contribution in [1.29, 1.82) is 0 Å². The van der Waals surface area contributed by atoms with Crippen molar-refractivity contribution in [2.45, 2.75) is 19.4 Å². The summed E-state index contributed by atoms with van der Waals surface area (Å²) in [6, 6.07) is 3.48. The first-order valence-electron chi connectivity index (χ1n) is 4.13. The smallest absolute Gasteiger partial charge is 0.135 e. The zero-order chi connectivity index (χ0) is 8.81. The Balaban J connectivity index is 2.25. The SMILES string of the molecule is CCCOCC(O)c1ccco1. The van der Waals surface area contributed by atoms with E-state index >= 15 is 0 Å². The van der Waals surface area contributed by atoms with E-state index in [1.807, 2.05) is 6.92 Å². The molecule has 0 spiro atoms. The molecule has 3 heteroatoms. The number of hydrogen-bond acceptors (Lipinski definition) is 3. The van der Waals surface area contributed by atoms with Gasteiger partial charge >= 0.3 is 0 Å². The van der Waals surface area contributed by atoms with Crippen LogP contribution in [0.2, 0.25) is 0 Å². The average molecular weight is 170 g/mol. The fourth-order valence-electron chi connectivity index (χ4n) is 0.902. The maximum absolute atomic E-state index is 9.42. The summed E-state index contributed by atoms with van der Waals surface area (Å²) in [7, 11) is 0. The standard InChI is InChI=1S/C9H14O3/c1-2-5-11-7-8(10)9-4-3-6-12-9/h3-4,6,8,10H,2,5,7H2,1H3. The molecule has 0 saturated carbocycles. The van der Waals surface area contributed by atoms with Crippen molar-refractivity contribution in [2.24, 2.45) is 0 Å². The lowest BCUT2D eigenvalue weighted by atomic mass is 10.3. The molecule has 1 heterocycles. The van der Waals surface area contributed by atoms with E-state index in [-0.39, 0.29) is 0 Å². The maximum atomic E-state index is 9.42. The van der Waals surface area contributed by atoms with Gasteiger partial charge in [0.25, 0.3) is 0 Å². The molecule has 0 aliphatic rings. The molecule has 1 atom stereocenters. The summed E-state index contributed by atoms with van der Waals surface area (Å²) in [6.07, 6.45) is 1.87. The van der Waals surface area contributed by atoms with Gasteiger partial charge in [-0.25, -0.2) is 0 Å². The molecule has 0 fully saturated rings. The van der Waals surface area contributed by atoms with Crippen molar-refractivity contribution >= 4 is 0 Å². The topological polar surface area (TPSA) is 42.6 Å². The fraction of sp³-hybridized carbons (Fsp3) is 0.556. The molecule has 1 N–H and O–H groups in total. The Morgan fingerprint density at radius 1 is 1.67 bits per heavy atom. The van der Waals surface area contributed by atoms with Gasteiger partial charge in [-0.1, -0.05) is 6.92 Å². The van der Waals surface area contributed by atoms with Crippen molar-refractivity contribution in [2.75, 3.05) is 13.2 Å². The van der Waals surface area contributed by atoms with Gasteiger partial charge in [0.15, 0.2) is 0 Å². The van der Waals surface area contributed by atoms with Gasteiger partial charge in [-0.3, -0.25) is 0 Å². The number of ether oxygens (including phenoxy) is 1. The number of aliphatic hydroxyl groups excluding tert-OH is 1. The van der Waals surface area contributed by atoms with E-state index < -0.39 is 6.10 Å². The van der Waals surface area contributed by atoms with Crippen LogP contribution in [0.1, 0.15) is 25.2 Å². The second kappa shape index (κ2) is 4.95. The molecule has 1 unspecified atom stereocenters.